The minimum atomic E-state index is -0.385. The van der Waals surface area contributed by atoms with Gasteiger partial charge in [0.1, 0.15) is 12.0 Å². The summed E-state index contributed by atoms with van der Waals surface area (Å²) >= 11 is 0. The van der Waals surface area contributed by atoms with Crippen LogP contribution in [0.4, 0.5) is 11.5 Å². The molecule has 0 spiro atoms. The molecular formula is C12H19N7O2. The van der Waals surface area contributed by atoms with Gasteiger partial charge in [0.15, 0.2) is 5.82 Å². The highest BCUT2D eigenvalue weighted by Crippen LogP contribution is 2.32. The highest BCUT2D eigenvalue weighted by Gasteiger charge is 2.28. The van der Waals surface area contributed by atoms with E-state index in [0.717, 1.165) is 0 Å². The van der Waals surface area contributed by atoms with E-state index in [2.05, 4.69) is 20.5 Å². The Bertz CT molecular complexity index is 644. The maximum Gasteiger partial charge on any atom is 0.334 e. The summed E-state index contributed by atoms with van der Waals surface area (Å²) in [7, 11) is 3.49. The van der Waals surface area contributed by atoms with Gasteiger partial charge in [-0.25, -0.2) is 9.67 Å². The normalized spacial score (nSPS) is 11.1. The average Bonchev–Trinajstić information content (AvgIpc) is 2.94. The quantitative estimate of drug-likeness (QED) is 0.634. The molecule has 0 saturated heterocycles. The third-order valence-corrected chi connectivity index (χ3v) is 3.07. The van der Waals surface area contributed by atoms with Crippen molar-refractivity contribution in [2.75, 3.05) is 11.9 Å². The van der Waals surface area contributed by atoms with Crippen molar-refractivity contribution in [2.24, 2.45) is 14.1 Å². The van der Waals surface area contributed by atoms with Crippen molar-refractivity contribution in [3.63, 3.8) is 0 Å². The summed E-state index contributed by atoms with van der Waals surface area (Å²) in [5, 5.41) is 22.7. The largest absolute Gasteiger partial charge is 0.364 e. The Morgan fingerprint density at radius 1 is 1.38 bits per heavy atom. The third kappa shape index (κ3) is 3.18. The highest BCUT2D eigenvalue weighted by atomic mass is 16.6. The average molecular weight is 293 g/mol. The van der Waals surface area contributed by atoms with Crippen LogP contribution in [0.15, 0.2) is 6.33 Å². The Balaban J connectivity index is 2.13. The molecule has 9 nitrogen and oxygen atoms in total. The van der Waals surface area contributed by atoms with Crippen LogP contribution in [-0.4, -0.2) is 36.0 Å². The monoisotopic (exact) mass is 293 g/mol. The summed E-state index contributed by atoms with van der Waals surface area (Å²) in [6, 6.07) is 0. The van der Waals surface area contributed by atoms with E-state index < -0.39 is 0 Å². The minimum absolute atomic E-state index is 0.00962. The van der Waals surface area contributed by atoms with Crippen LogP contribution in [-0.2, 0) is 20.5 Å². The third-order valence-electron chi connectivity index (χ3n) is 3.07. The van der Waals surface area contributed by atoms with Gasteiger partial charge in [-0.15, -0.1) is 0 Å². The number of anilines is 1. The van der Waals surface area contributed by atoms with Crippen LogP contribution in [0.5, 0.6) is 0 Å². The molecule has 0 aliphatic rings. The molecule has 21 heavy (non-hydrogen) atoms. The molecular weight excluding hydrogens is 274 g/mol. The summed E-state index contributed by atoms with van der Waals surface area (Å²) in [5.41, 5.74) is 0.530. The van der Waals surface area contributed by atoms with Crippen molar-refractivity contribution in [1.29, 1.82) is 0 Å². The molecule has 0 aliphatic heterocycles. The standard InChI is InChI=1S/C12H19N7O2/c1-8(2)10-11(19(20)21)12(18(4)16-10)13-6-5-9-14-7-17(3)15-9/h7-8,13H,5-6H2,1-4H3. The van der Waals surface area contributed by atoms with Crippen molar-refractivity contribution in [3.8, 4) is 0 Å². The number of rotatable bonds is 6. The number of hydrogen-bond acceptors (Lipinski definition) is 6. The summed E-state index contributed by atoms with van der Waals surface area (Å²) in [4.78, 5) is 15.0. The molecule has 0 unspecified atom stereocenters. The van der Waals surface area contributed by atoms with E-state index in [0.29, 0.717) is 30.3 Å². The Morgan fingerprint density at radius 3 is 2.62 bits per heavy atom. The first-order valence-electron chi connectivity index (χ1n) is 6.69. The maximum absolute atomic E-state index is 11.3. The Hall–Kier alpha value is -2.45. The zero-order valence-corrected chi connectivity index (χ0v) is 12.6. The molecule has 0 aliphatic carbocycles. The van der Waals surface area contributed by atoms with Crippen LogP contribution in [0.25, 0.3) is 0 Å². The molecule has 0 saturated carbocycles. The number of aromatic nitrogens is 5. The molecule has 0 amide bonds. The fourth-order valence-corrected chi connectivity index (χ4v) is 2.09. The second kappa shape index (κ2) is 5.90. The van der Waals surface area contributed by atoms with Crippen LogP contribution in [0, 0.1) is 10.1 Å². The first-order chi connectivity index (χ1) is 9.90. The predicted octanol–water partition coefficient (Wildman–Crippen LogP) is 1.23. The molecule has 2 rings (SSSR count). The van der Waals surface area contributed by atoms with Gasteiger partial charge in [0, 0.05) is 33.0 Å². The van der Waals surface area contributed by atoms with Crippen molar-refractivity contribution in [1.82, 2.24) is 24.5 Å². The zero-order valence-electron chi connectivity index (χ0n) is 12.6. The summed E-state index contributed by atoms with van der Waals surface area (Å²) in [6.07, 6.45) is 2.21. The second-order valence-electron chi connectivity index (χ2n) is 5.13. The maximum atomic E-state index is 11.3. The first-order valence-corrected chi connectivity index (χ1v) is 6.69. The fraction of sp³-hybridized carbons (Fsp3) is 0.583. The summed E-state index contributed by atoms with van der Waals surface area (Å²) in [5.74, 6) is 1.10. The smallest absolute Gasteiger partial charge is 0.334 e. The van der Waals surface area contributed by atoms with Crippen molar-refractivity contribution in [3.05, 3.63) is 28.0 Å². The van der Waals surface area contributed by atoms with Crippen LogP contribution >= 0.6 is 0 Å². The Labute approximate surface area is 122 Å². The molecule has 1 N–H and O–H groups in total. The van der Waals surface area contributed by atoms with Crippen LogP contribution in [0.3, 0.4) is 0 Å². The molecule has 0 radical (unpaired) electrons. The molecule has 114 valence electrons. The first kappa shape index (κ1) is 14.9. The van der Waals surface area contributed by atoms with Gasteiger partial charge < -0.3 is 5.32 Å². The van der Waals surface area contributed by atoms with Crippen molar-refractivity contribution >= 4 is 11.5 Å². The lowest BCUT2D eigenvalue weighted by atomic mass is 10.1. The van der Waals surface area contributed by atoms with Gasteiger partial charge in [0.2, 0.25) is 5.82 Å². The van der Waals surface area contributed by atoms with Gasteiger partial charge in [-0.1, -0.05) is 13.8 Å². The predicted molar refractivity (Wildman–Crippen MR) is 77.1 cm³/mol. The number of nitrogens with one attached hydrogen (secondary N) is 1. The lowest BCUT2D eigenvalue weighted by Gasteiger charge is -2.04. The van der Waals surface area contributed by atoms with E-state index in [1.54, 1.807) is 25.1 Å². The minimum Gasteiger partial charge on any atom is -0.364 e. The molecule has 2 aromatic rings. The second-order valence-corrected chi connectivity index (χ2v) is 5.13. The van der Waals surface area contributed by atoms with Crippen LogP contribution < -0.4 is 5.32 Å². The van der Waals surface area contributed by atoms with E-state index in [9.17, 15) is 10.1 Å². The molecule has 0 atom stereocenters. The Morgan fingerprint density at radius 2 is 2.10 bits per heavy atom. The number of aryl methyl sites for hydroxylation is 2. The Kier molecular flexibility index (Phi) is 4.20. The molecule has 0 fully saturated rings. The van der Waals surface area contributed by atoms with Gasteiger partial charge in [0.05, 0.1) is 4.92 Å². The van der Waals surface area contributed by atoms with Crippen LogP contribution in [0.1, 0.15) is 31.3 Å². The van der Waals surface area contributed by atoms with E-state index in [4.69, 9.17) is 0 Å². The van der Waals surface area contributed by atoms with E-state index in [1.165, 1.54) is 4.68 Å². The lowest BCUT2D eigenvalue weighted by Crippen LogP contribution is -2.11. The van der Waals surface area contributed by atoms with Gasteiger partial charge >= 0.3 is 5.69 Å². The molecule has 0 aromatic carbocycles. The fourth-order valence-electron chi connectivity index (χ4n) is 2.09. The molecule has 0 bridgehead atoms. The number of hydrogen-bond donors (Lipinski definition) is 1. The SMILES string of the molecule is CC(C)c1nn(C)c(NCCc2ncn(C)n2)c1[N+](=O)[O-]. The number of nitrogens with zero attached hydrogens (tertiary/aromatic N) is 6. The zero-order chi connectivity index (χ0) is 15.6. The van der Waals surface area contributed by atoms with Crippen molar-refractivity contribution in [2.45, 2.75) is 26.2 Å². The topological polar surface area (TPSA) is 104 Å². The molecule has 2 heterocycles. The lowest BCUT2D eigenvalue weighted by molar-refractivity contribution is -0.384. The molecule has 2 aromatic heterocycles. The van der Waals surface area contributed by atoms with Gasteiger partial charge in [-0.2, -0.15) is 10.2 Å². The van der Waals surface area contributed by atoms with E-state index in [-0.39, 0.29) is 16.5 Å². The number of nitro groups is 1. The van der Waals surface area contributed by atoms with Crippen LogP contribution in [0.2, 0.25) is 0 Å². The van der Waals surface area contributed by atoms with E-state index in [1.807, 2.05) is 13.8 Å². The highest BCUT2D eigenvalue weighted by molar-refractivity contribution is 5.60. The summed E-state index contributed by atoms with van der Waals surface area (Å²) < 4.78 is 3.14. The summed E-state index contributed by atoms with van der Waals surface area (Å²) in [6.45, 7) is 4.27. The van der Waals surface area contributed by atoms with Gasteiger partial charge in [-0.3, -0.25) is 14.8 Å². The van der Waals surface area contributed by atoms with Gasteiger partial charge in [-0.05, 0) is 0 Å². The van der Waals surface area contributed by atoms with Gasteiger partial charge in [0.25, 0.3) is 0 Å². The van der Waals surface area contributed by atoms with E-state index >= 15 is 0 Å². The van der Waals surface area contributed by atoms with Crippen molar-refractivity contribution < 1.29 is 4.92 Å². The molecule has 9 heteroatoms.